The van der Waals surface area contributed by atoms with Gasteiger partial charge in [-0.3, -0.25) is 4.68 Å². The van der Waals surface area contributed by atoms with E-state index in [4.69, 9.17) is 0 Å². The number of hydrogen-bond donors (Lipinski definition) is 2. The highest BCUT2D eigenvalue weighted by Crippen LogP contribution is 2.25. The van der Waals surface area contributed by atoms with E-state index in [0.717, 1.165) is 42.6 Å². The summed E-state index contributed by atoms with van der Waals surface area (Å²) in [6.07, 6.45) is 5.92. The van der Waals surface area contributed by atoms with Crippen molar-refractivity contribution in [1.29, 1.82) is 0 Å². The monoisotopic (exact) mass is 286 g/mol. The Morgan fingerprint density at radius 3 is 2.95 bits per heavy atom. The first kappa shape index (κ1) is 13.6. The van der Waals surface area contributed by atoms with Gasteiger partial charge in [0.25, 0.3) is 0 Å². The second kappa shape index (κ2) is 5.55. The molecule has 0 unspecified atom stereocenters. The van der Waals surface area contributed by atoms with Crippen LogP contribution in [0.15, 0.2) is 18.3 Å². The number of rotatable bonds is 4. The van der Waals surface area contributed by atoms with Gasteiger partial charge in [0.15, 0.2) is 0 Å². The minimum Gasteiger partial charge on any atom is -0.478 e. The zero-order valence-corrected chi connectivity index (χ0v) is 12.0. The molecule has 0 amide bonds. The van der Waals surface area contributed by atoms with E-state index in [0.29, 0.717) is 12.4 Å². The number of carbonyl (C=O) groups is 1. The highest BCUT2D eigenvalue weighted by atomic mass is 16.4. The molecule has 2 aromatic heterocycles. The van der Waals surface area contributed by atoms with E-state index in [1.165, 1.54) is 0 Å². The fourth-order valence-corrected chi connectivity index (χ4v) is 2.66. The number of aryl methyl sites for hydroxylation is 3. The highest BCUT2D eigenvalue weighted by Gasteiger charge is 2.18. The molecule has 0 radical (unpaired) electrons. The zero-order chi connectivity index (χ0) is 14.8. The van der Waals surface area contributed by atoms with Crippen molar-refractivity contribution in [1.82, 2.24) is 14.8 Å². The molecule has 1 aliphatic carbocycles. The number of fused-ring (bicyclic) bond motifs is 1. The van der Waals surface area contributed by atoms with Gasteiger partial charge in [-0.1, -0.05) is 0 Å². The summed E-state index contributed by atoms with van der Waals surface area (Å²) in [4.78, 5) is 16.0. The van der Waals surface area contributed by atoms with Crippen LogP contribution >= 0.6 is 0 Å². The van der Waals surface area contributed by atoms with Crippen molar-refractivity contribution in [2.24, 2.45) is 7.05 Å². The normalized spacial score (nSPS) is 13.8. The summed E-state index contributed by atoms with van der Waals surface area (Å²) in [5.41, 5.74) is 3.19. The Balaban J connectivity index is 1.87. The van der Waals surface area contributed by atoms with E-state index in [-0.39, 0.29) is 5.56 Å². The molecule has 3 rings (SSSR count). The lowest BCUT2D eigenvalue weighted by Crippen LogP contribution is -2.14. The average molecular weight is 286 g/mol. The van der Waals surface area contributed by atoms with Crippen LogP contribution in [0.2, 0.25) is 0 Å². The van der Waals surface area contributed by atoms with Crippen molar-refractivity contribution in [3.8, 4) is 0 Å². The first-order valence-electron chi connectivity index (χ1n) is 7.12. The lowest BCUT2D eigenvalue weighted by Gasteiger charge is -2.17. The third kappa shape index (κ3) is 2.89. The number of aromatic carboxylic acids is 1. The van der Waals surface area contributed by atoms with E-state index >= 15 is 0 Å². The lowest BCUT2D eigenvalue weighted by atomic mass is 9.94. The maximum atomic E-state index is 11.4. The molecule has 6 heteroatoms. The Morgan fingerprint density at radius 2 is 2.24 bits per heavy atom. The molecule has 1 aliphatic rings. The van der Waals surface area contributed by atoms with E-state index in [1.54, 1.807) is 10.7 Å². The van der Waals surface area contributed by atoms with Crippen LogP contribution in [0, 0.1) is 0 Å². The quantitative estimate of drug-likeness (QED) is 0.898. The van der Waals surface area contributed by atoms with Gasteiger partial charge in [-0.05, 0) is 43.4 Å². The summed E-state index contributed by atoms with van der Waals surface area (Å²) in [5, 5.41) is 16.7. The van der Waals surface area contributed by atoms with Crippen LogP contribution in [0.3, 0.4) is 0 Å². The number of pyridine rings is 1. The Hall–Kier alpha value is -2.37. The number of anilines is 1. The van der Waals surface area contributed by atoms with Crippen LogP contribution < -0.4 is 5.32 Å². The van der Waals surface area contributed by atoms with Crippen LogP contribution in [-0.4, -0.2) is 25.8 Å². The standard InChI is InChI=1S/C15H18N4O2/c1-19-7-6-11(18-19)9-16-14-12(15(20)21)8-10-4-2-3-5-13(10)17-14/h6-8H,2-5,9H2,1H3,(H,16,17)(H,20,21). The summed E-state index contributed by atoms with van der Waals surface area (Å²) in [6, 6.07) is 3.66. The molecule has 0 aliphatic heterocycles. The molecule has 0 saturated carbocycles. The van der Waals surface area contributed by atoms with Crippen molar-refractivity contribution >= 4 is 11.8 Å². The van der Waals surface area contributed by atoms with Gasteiger partial charge in [0, 0.05) is 18.9 Å². The van der Waals surface area contributed by atoms with E-state index in [1.807, 2.05) is 19.3 Å². The molecule has 21 heavy (non-hydrogen) atoms. The molecule has 0 aromatic carbocycles. The van der Waals surface area contributed by atoms with E-state index < -0.39 is 5.97 Å². The van der Waals surface area contributed by atoms with E-state index in [9.17, 15) is 9.90 Å². The fourth-order valence-electron chi connectivity index (χ4n) is 2.66. The second-order valence-electron chi connectivity index (χ2n) is 5.34. The number of aromatic nitrogens is 3. The third-order valence-electron chi connectivity index (χ3n) is 3.74. The topological polar surface area (TPSA) is 80.0 Å². The summed E-state index contributed by atoms with van der Waals surface area (Å²) < 4.78 is 1.72. The van der Waals surface area contributed by atoms with Gasteiger partial charge in [0.2, 0.25) is 0 Å². The largest absolute Gasteiger partial charge is 0.478 e. The highest BCUT2D eigenvalue weighted by molar-refractivity contribution is 5.93. The molecule has 2 aromatic rings. The minimum atomic E-state index is -0.945. The van der Waals surface area contributed by atoms with Crippen LogP contribution in [-0.2, 0) is 26.4 Å². The second-order valence-corrected chi connectivity index (χ2v) is 5.34. The van der Waals surface area contributed by atoms with Crippen molar-refractivity contribution < 1.29 is 9.90 Å². The molecule has 0 spiro atoms. The maximum Gasteiger partial charge on any atom is 0.339 e. The first-order chi connectivity index (χ1) is 10.1. The molecular weight excluding hydrogens is 268 g/mol. The van der Waals surface area contributed by atoms with Crippen molar-refractivity contribution in [3.63, 3.8) is 0 Å². The van der Waals surface area contributed by atoms with Gasteiger partial charge in [-0.25, -0.2) is 9.78 Å². The maximum absolute atomic E-state index is 11.4. The third-order valence-corrected chi connectivity index (χ3v) is 3.74. The van der Waals surface area contributed by atoms with Crippen LogP contribution in [0.5, 0.6) is 0 Å². The van der Waals surface area contributed by atoms with Crippen LogP contribution in [0.25, 0.3) is 0 Å². The Morgan fingerprint density at radius 1 is 1.43 bits per heavy atom. The Bertz CT molecular complexity index is 678. The predicted molar refractivity (Wildman–Crippen MR) is 78.4 cm³/mol. The van der Waals surface area contributed by atoms with Gasteiger partial charge in [0.05, 0.1) is 12.2 Å². The molecule has 0 saturated heterocycles. The van der Waals surface area contributed by atoms with Gasteiger partial charge < -0.3 is 10.4 Å². The van der Waals surface area contributed by atoms with E-state index in [2.05, 4.69) is 15.4 Å². The van der Waals surface area contributed by atoms with Crippen molar-refractivity contribution in [2.75, 3.05) is 5.32 Å². The van der Waals surface area contributed by atoms with Gasteiger partial charge in [0.1, 0.15) is 11.4 Å². The number of nitrogens with one attached hydrogen (secondary N) is 1. The number of hydrogen-bond acceptors (Lipinski definition) is 4. The molecule has 2 heterocycles. The van der Waals surface area contributed by atoms with Gasteiger partial charge in [-0.2, -0.15) is 5.10 Å². The lowest BCUT2D eigenvalue weighted by molar-refractivity contribution is 0.0697. The fraction of sp³-hybridized carbons (Fsp3) is 0.400. The molecule has 0 fully saturated rings. The van der Waals surface area contributed by atoms with Gasteiger partial charge >= 0.3 is 5.97 Å². The van der Waals surface area contributed by atoms with Gasteiger partial charge in [-0.15, -0.1) is 0 Å². The molecule has 2 N–H and O–H groups in total. The smallest absolute Gasteiger partial charge is 0.339 e. The Labute approximate surface area is 122 Å². The molecular formula is C15H18N4O2. The zero-order valence-electron chi connectivity index (χ0n) is 12.0. The Kier molecular flexibility index (Phi) is 3.60. The first-order valence-corrected chi connectivity index (χ1v) is 7.12. The number of carboxylic acids is 1. The van der Waals surface area contributed by atoms with Crippen molar-refractivity contribution in [2.45, 2.75) is 32.2 Å². The summed E-state index contributed by atoms with van der Waals surface area (Å²) in [6.45, 7) is 0.465. The summed E-state index contributed by atoms with van der Waals surface area (Å²) in [5.74, 6) is -0.506. The molecule has 6 nitrogen and oxygen atoms in total. The predicted octanol–water partition coefficient (Wildman–Crippen LogP) is 2.00. The van der Waals surface area contributed by atoms with Crippen LogP contribution in [0.1, 0.15) is 40.2 Å². The molecule has 0 atom stereocenters. The molecule has 110 valence electrons. The molecule has 0 bridgehead atoms. The summed E-state index contributed by atoms with van der Waals surface area (Å²) >= 11 is 0. The average Bonchev–Trinajstić information content (AvgIpc) is 2.89. The van der Waals surface area contributed by atoms with Crippen molar-refractivity contribution in [3.05, 3.63) is 40.8 Å². The SMILES string of the molecule is Cn1ccc(CNc2nc3c(cc2C(=O)O)CCCC3)n1. The van der Waals surface area contributed by atoms with Crippen LogP contribution in [0.4, 0.5) is 5.82 Å². The minimum absolute atomic E-state index is 0.242. The summed E-state index contributed by atoms with van der Waals surface area (Å²) in [7, 11) is 1.85. The number of carboxylic acid groups (broad SMARTS) is 1. The number of nitrogens with zero attached hydrogens (tertiary/aromatic N) is 3.